The number of hydrogen-bond donors (Lipinski definition) is 1. The van der Waals surface area contributed by atoms with E-state index in [1.165, 1.54) is 0 Å². The van der Waals surface area contributed by atoms with Crippen LogP contribution in [-0.4, -0.2) is 5.97 Å². The maximum absolute atomic E-state index is 11.1. The van der Waals surface area contributed by atoms with Gasteiger partial charge in [-0.05, 0) is 24.8 Å². The molecule has 0 aliphatic heterocycles. The van der Waals surface area contributed by atoms with Crippen molar-refractivity contribution in [3.8, 4) is 0 Å². The van der Waals surface area contributed by atoms with E-state index in [1.54, 1.807) is 0 Å². The summed E-state index contributed by atoms with van der Waals surface area (Å²) in [5.41, 5.74) is 1.64. The maximum Gasteiger partial charge on any atom is 0.353 e. The van der Waals surface area contributed by atoms with Crippen LogP contribution in [0.15, 0.2) is 23.3 Å². The quantitative estimate of drug-likeness (QED) is 0.599. The molecular formula is C9H13NO2. The summed E-state index contributed by atoms with van der Waals surface area (Å²) in [5, 5.41) is 0. The summed E-state index contributed by atoms with van der Waals surface area (Å²) in [4.78, 5) is 15.3. The van der Waals surface area contributed by atoms with E-state index < -0.39 is 5.97 Å². The molecule has 0 fully saturated rings. The average molecular weight is 167 g/mol. The van der Waals surface area contributed by atoms with E-state index >= 15 is 0 Å². The van der Waals surface area contributed by atoms with Gasteiger partial charge in [-0.25, -0.2) is 4.79 Å². The van der Waals surface area contributed by atoms with Gasteiger partial charge < -0.3 is 4.84 Å². The predicted octanol–water partition coefficient (Wildman–Crippen LogP) is 1.32. The summed E-state index contributed by atoms with van der Waals surface area (Å²) in [6.45, 7) is 3.87. The van der Waals surface area contributed by atoms with Gasteiger partial charge in [0, 0.05) is 5.57 Å². The van der Waals surface area contributed by atoms with Crippen LogP contribution in [-0.2, 0) is 9.63 Å². The van der Waals surface area contributed by atoms with Crippen LogP contribution >= 0.6 is 0 Å². The molecule has 1 unspecified atom stereocenters. The first kappa shape index (κ1) is 9.00. The predicted molar refractivity (Wildman–Crippen MR) is 45.9 cm³/mol. The molecule has 0 bridgehead atoms. The molecule has 0 saturated heterocycles. The largest absolute Gasteiger partial charge is 0.370 e. The second kappa shape index (κ2) is 3.54. The lowest BCUT2D eigenvalue weighted by molar-refractivity contribution is -0.140. The molecule has 12 heavy (non-hydrogen) atoms. The molecule has 66 valence electrons. The van der Waals surface area contributed by atoms with E-state index in [4.69, 9.17) is 5.90 Å². The van der Waals surface area contributed by atoms with Gasteiger partial charge in [0.25, 0.3) is 0 Å². The first-order valence-corrected chi connectivity index (χ1v) is 3.95. The lowest BCUT2D eigenvalue weighted by atomic mass is 9.89. The standard InChI is InChI=1S/C9H13NO2/c1-6-4-3-5-7(2)8(6)9(11)12-10/h3-4,7H,5,10H2,1-2H3. The zero-order chi connectivity index (χ0) is 9.14. The normalized spacial score (nSPS) is 22.8. The highest BCUT2D eigenvalue weighted by atomic mass is 16.7. The Morgan fingerprint density at radius 1 is 1.75 bits per heavy atom. The van der Waals surface area contributed by atoms with Crippen LogP contribution in [0.25, 0.3) is 0 Å². The van der Waals surface area contributed by atoms with Gasteiger partial charge in [0.2, 0.25) is 0 Å². The topological polar surface area (TPSA) is 52.3 Å². The summed E-state index contributed by atoms with van der Waals surface area (Å²) in [7, 11) is 0. The molecule has 1 atom stereocenters. The van der Waals surface area contributed by atoms with Gasteiger partial charge in [-0.15, -0.1) is 0 Å². The second-order valence-electron chi connectivity index (χ2n) is 3.04. The van der Waals surface area contributed by atoms with Crippen LogP contribution in [0.3, 0.4) is 0 Å². The highest BCUT2D eigenvalue weighted by Crippen LogP contribution is 2.25. The van der Waals surface area contributed by atoms with Gasteiger partial charge in [-0.1, -0.05) is 19.1 Å². The van der Waals surface area contributed by atoms with E-state index in [0.717, 1.165) is 12.0 Å². The van der Waals surface area contributed by atoms with Crippen LogP contribution in [0.4, 0.5) is 0 Å². The highest BCUT2D eigenvalue weighted by molar-refractivity contribution is 5.90. The Balaban J connectivity index is 2.96. The van der Waals surface area contributed by atoms with E-state index in [9.17, 15) is 4.79 Å². The van der Waals surface area contributed by atoms with Crippen LogP contribution < -0.4 is 5.90 Å². The zero-order valence-corrected chi connectivity index (χ0v) is 7.33. The molecule has 0 radical (unpaired) electrons. The number of allylic oxidation sites excluding steroid dienone is 3. The lowest BCUT2D eigenvalue weighted by Gasteiger charge is -2.17. The van der Waals surface area contributed by atoms with Gasteiger partial charge in [0.15, 0.2) is 0 Å². The van der Waals surface area contributed by atoms with Crippen LogP contribution in [0.1, 0.15) is 20.3 Å². The van der Waals surface area contributed by atoms with Crippen molar-refractivity contribution in [3.05, 3.63) is 23.3 Å². The van der Waals surface area contributed by atoms with Crippen LogP contribution in [0.2, 0.25) is 0 Å². The van der Waals surface area contributed by atoms with E-state index in [1.807, 2.05) is 26.0 Å². The molecule has 0 amide bonds. The van der Waals surface area contributed by atoms with E-state index in [-0.39, 0.29) is 5.92 Å². The first-order chi connectivity index (χ1) is 5.66. The molecule has 3 nitrogen and oxygen atoms in total. The van der Waals surface area contributed by atoms with Gasteiger partial charge in [-0.3, -0.25) is 0 Å². The van der Waals surface area contributed by atoms with Crippen LogP contribution in [0, 0.1) is 5.92 Å². The minimum absolute atomic E-state index is 0.214. The molecule has 0 spiro atoms. The number of hydrogen-bond acceptors (Lipinski definition) is 3. The molecule has 2 N–H and O–H groups in total. The number of carbonyl (C=O) groups is 1. The zero-order valence-electron chi connectivity index (χ0n) is 7.33. The number of nitrogens with two attached hydrogens (primary N) is 1. The average Bonchev–Trinajstić information content (AvgIpc) is 2.03. The minimum atomic E-state index is -0.413. The minimum Gasteiger partial charge on any atom is -0.370 e. The smallest absolute Gasteiger partial charge is 0.353 e. The molecule has 0 saturated carbocycles. The molecule has 0 aromatic heterocycles. The molecule has 3 heteroatoms. The number of carbonyl (C=O) groups excluding carboxylic acids is 1. The van der Waals surface area contributed by atoms with Crippen molar-refractivity contribution >= 4 is 5.97 Å². The molecule has 1 rings (SSSR count). The van der Waals surface area contributed by atoms with E-state index in [2.05, 4.69) is 4.84 Å². The lowest BCUT2D eigenvalue weighted by Crippen LogP contribution is -2.19. The third-order valence-corrected chi connectivity index (χ3v) is 2.10. The Bertz CT molecular complexity index is 253. The van der Waals surface area contributed by atoms with Crippen molar-refractivity contribution in [1.29, 1.82) is 0 Å². The Morgan fingerprint density at radius 2 is 2.42 bits per heavy atom. The Labute approximate surface area is 71.8 Å². The summed E-state index contributed by atoms with van der Waals surface area (Å²) in [6.07, 6.45) is 4.85. The molecule has 1 aliphatic carbocycles. The first-order valence-electron chi connectivity index (χ1n) is 3.95. The third kappa shape index (κ3) is 1.56. The second-order valence-corrected chi connectivity index (χ2v) is 3.04. The highest BCUT2D eigenvalue weighted by Gasteiger charge is 2.21. The van der Waals surface area contributed by atoms with Gasteiger partial charge >= 0.3 is 5.97 Å². The van der Waals surface area contributed by atoms with Crippen molar-refractivity contribution in [3.63, 3.8) is 0 Å². The summed E-state index contributed by atoms with van der Waals surface area (Å²) < 4.78 is 0. The van der Waals surface area contributed by atoms with E-state index in [0.29, 0.717) is 5.57 Å². The Hall–Kier alpha value is -1.09. The molecular weight excluding hydrogens is 154 g/mol. The van der Waals surface area contributed by atoms with Crippen molar-refractivity contribution < 1.29 is 9.63 Å². The molecule has 1 aliphatic rings. The van der Waals surface area contributed by atoms with Crippen molar-refractivity contribution in [1.82, 2.24) is 0 Å². The molecule has 0 aromatic rings. The van der Waals surface area contributed by atoms with Gasteiger partial charge in [0.1, 0.15) is 0 Å². The van der Waals surface area contributed by atoms with Crippen molar-refractivity contribution in [2.24, 2.45) is 11.8 Å². The fourth-order valence-corrected chi connectivity index (χ4v) is 1.47. The summed E-state index contributed by atoms with van der Waals surface area (Å²) in [5.74, 6) is 4.62. The fraction of sp³-hybridized carbons (Fsp3) is 0.444. The fourth-order valence-electron chi connectivity index (χ4n) is 1.47. The van der Waals surface area contributed by atoms with Crippen molar-refractivity contribution in [2.45, 2.75) is 20.3 Å². The van der Waals surface area contributed by atoms with Gasteiger partial charge in [0.05, 0.1) is 0 Å². The Kier molecular flexibility index (Phi) is 2.65. The third-order valence-electron chi connectivity index (χ3n) is 2.10. The molecule has 0 heterocycles. The summed E-state index contributed by atoms with van der Waals surface area (Å²) >= 11 is 0. The molecule has 0 aromatic carbocycles. The SMILES string of the molecule is CC1=C(C(=O)ON)C(C)CC=C1. The maximum atomic E-state index is 11.1. The number of rotatable bonds is 1. The summed E-state index contributed by atoms with van der Waals surface area (Å²) in [6, 6.07) is 0. The Morgan fingerprint density at radius 3 is 2.92 bits per heavy atom. The monoisotopic (exact) mass is 167 g/mol. The van der Waals surface area contributed by atoms with Crippen molar-refractivity contribution in [2.75, 3.05) is 0 Å². The van der Waals surface area contributed by atoms with Gasteiger partial charge in [-0.2, -0.15) is 5.90 Å². The van der Waals surface area contributed by atoms with Crippen LogP contribution in [0.5, 0.6) is 0 Å².